The second-order valence-corrected chi connectivity index (χ2v) is 11.5. The standard InChI is InChI=1S/C33H36ClN5O4/c1-23-13-14-25(34)20-28(23)36-31(41)22-39-29-11-6-5-10-27(29)32(42)38(33(39)43)17-7-12-30(40)35-26-15-18-37(19-16-26)21-24-8-3-2-4-9-24/h2-6,8-11,13-14,20,26H,7,12,15-19,21-22H2,1H3,(H,35,40)(H,36,41). The quantitative estimate of drug-likeness (QED) is 0.282. The van der Waals surface area contributed by atoms with E-state index in [9.17, 15) is 19.2 Å². The van der Waals surface area contributed by atoms with Crippen molar-refractivity contribution in [1.29, 1.82) is 0 Å². The zero-order chi connectivity index (χ0) is 30.3. The van der Waals surface area contributed by atoms with Crippen molar-refractivity contribution >= 4 is 40.0 Å². The maximum atomic E-state index is 13.5. The summed E-state index contributed by atoms with van der Waals surface area (Å²) >= 11 is 6.09. The van der Waals surface area contributed by atoms with Gasteiger partial charge in [-0.3, -0.25) is 28.4 Å². The first kappa shape index (κ1) is 30.3. The molecule has 1 aliphatic rings. The van der Waals surface area contributed by atoms with Gasteiger partial charge in [0.05, 0.1) is 10.9 Å². The number of aryl methyl sites for hydroxylation is 1. The number of nitrogens with zero attached hydrogens (tertiary/aromatic N) is 3. The first-order valence-corrected chi connectivity index (χ1v) is 15.0. The number of piperidine rings is 1. The van der Waals surface area contributed by atoms with Crippen molar-refractivity contribution in [2.75, 3.05) is 18.4 Å². The molecule has 9 nitrogen and oxygen atoms in total. The van der Waals surface area contributed by atoms with E-state index in [1.165, 1.54) is 10.1 Å². The highest BCUT2D eigenvalue weighted by Crippen LogP contribution is 2.20. The van der Waals surface area contributed by atoms with Crippen molar-refractivity contribution < 1.29 is 9.59 Å². The van der Waals surface area contributed by atoms with Gasteiger partial charge in [-0.1, -0.05) is 60.1 Å². The molecule has 1 fully saturated rings. The summed E-state index contributed by atoms with van der Waals surface area (Å²) in [5.74, 6) is -0.510. The van der Waals surface area contributed by atoms with Gasteiger partial charge >= 0.3 is 5.69 Å². The van der Waals surface area contributed by atoms with Crippen LogP contribution in [0.15, 0.2) is 82.4 Å². The third kappa shape index (κ3) is 7.60. The minimum atomic E-state index is -0.590. The van der Waals surface area contributed by atoms with Crippen LogP contribution in [0, 0.1) is 6.92 Å². The summed E-state index contributed by atoms with van der Waals surface area (Å²) < 4.78 is 2.42. The number of rotatable bonds is 10. The molecule has 0 saturated carbocycles. The molecule has 4 aromatic rings. The second-order valence-electron chi connectivity index (χ2n) is 11.1. The number of anilines is 1. The van der Waals surface area contributed by atoms with E-state index in [0.717, 1.165) is 42.6 Å². The van der Waals surface area contributed by atoms with Crippen LogP contribution in [0.1, 0.15) is 36.8 Å². The van der Waals surface area contributed by atoms with Crippen molar-refractivity contribution in [2.24, 2.45) is 0 Å². The zero-order valence-electron chi connectivity index (χ0n) is 24.2. The Labute approximate surface area is 255 Å². The lowest BCUT2D eigenvalue weighted by molar-refractivity contribution is -0.122. The first-order valence-electron chi connectivity index (χ1n) is 14.6. The number of para-hydroxylation sites is 1. The van der Waals surface area contributed by atoms with E-state index < -0.39 is 17.2 Å². The van der Waals surface area contributed by atoms with Crippen LogP contribution in [0.25, 0.3) is 10.9 Å². The van der Waals surface area contributed by atoms with Gasteiger partial charge in [0.15, 0.2) is 0 Å². The molecule has 10 heteroatoms. The Bertz CT molecular complexity index is 1730. The van der Waals surface area contributed by atoms with E-state index in [1.807, 2.05) is 25.1 Å². The molecule has 3 aromatic carbocycles. The molecule has 5 rings (SSSR count). The molecule has 43 heavy (non-hydrogen) atoms. The number of aromatic nitrogens is 2. The molecule has 0 spiro atoms. The van der Waals surface area contributed by atoms with E-state index in [4.69, 9.17) is 11.6 Å². The van der Waals surface area contributed by atoms with Crippen LogP contribution < -0.4 is 21.9 Å². The van der Waals surface area contributed by atoms with Crippen LogP contribution in [0.5, 0.6) is 0 Å². The minimum Gasteiger partial charge on any atom is -0.353 e. The van der Waals surface area contributed by atoms with E-state index in [-0.39, 0.29) is 31.5 Å². The summed E-state index contributed by atoms with van der Waals surface area (Å²) in [6, 6.07) is 22.4. The van der Waals surface area contributed by atoms with Gasteiger partial charge in [0, 0.05) is 49.4 Å². The van der Waals surface area contributed by atoms with Crippen molar-refractivity contribution in [2.45, 2.75) is 58.3 Å². The van der Waals surface area contributed by atoms with E-state index in [2.05, 4.69) is 27.7 Å². The average Bonchev–Trinajstić information content (AvgIpc) is 3.00. The monoisotopic (exact) mass is 601 g/mol. The van der Waals surface area contributed by atoms with Crippen LogP contribution in [-0.4, -0.2) is 45.0 Å². The number of hydrogen-bond acceptors (Lipinski definition) is 5. The van der Waals surface area contributed by atoms with Crippen LogP contribution >= 0.6 is 11.6 Å². The molecule has 224 valence electrons. The first-order chi connectivity index (χ1) is 20.8. The molecule has 0 aliphatic carbocycles. The maximum Gasteiger partial charge on any atom is 0.331 e. The Balaban J connectivity index is 1.20. The Hall–Kier alpha value is -4.21. The zero-order valence-corrected chi connectivity index (χ0v) is 25.0. The predicted molar refractivity (Wildman–Crippen MR) is 169 cm³/mol. The summed E-state index contributed by atoms with van der Waals surface area (Å²) in [7, 11) is 0. The van der Waals surface area contributed by atoms with Crippen LogP contribution in [0.3, 0.4) is 0 Å². The van der Waals surface area contributed by atoms with E-state index in [1.54, 1.807) is 42.5 Å². The number of likely N-dealkylation sites (tertiary alicyclic amines) is 1. The maximum absolute atomic E-state index is 13.5. The number of carbonyl (C=O) groups excluding carboxylic acids is 2. The SMILES string of the molecule is Cc1ccc(Cl)cc1NC(=O)Cn1c(=O)n(CCCC(=O)NC2CCN(Cc3ccccc3)CC2)c(=O)c2ccccc21. The Morgan fingerprint density at radius 3 is 2.40 bits per heavy atom. The molecule has 0 radical (unpaired) electrons. The summed E-state index contributed by atoms with van der Waals surface area (Å²) in [5.41, 5.74) is 2.02. The molecule has 2 N–H and O–H groups in total. The molecule has 2 heterocycles. The number of carbonyl (C=O) groups is 2. The second kappa shape index (κ2) is 13.8. The highest BCUT2D eigenvalue weighted by molar-refractivity contribution is 6.31. The lowest BCUT2D eigenvalue weighted by atomic mass is 10.0. The van der Waals surface area contributed by atoms with Gasteiger partial charge in [-0.05, 0) is 61.6 Å². The number of fused-ring (bicyclic) bond motifs is 1. The van der Waals surface area contributed by atoms with Gasteiger partial charge in [-0.25, -0.2) is 4.79 Å². The fraction of sp³-hybridized carbons (Fsp3) is 0.333. The average molecular weight is 602 g/mol. The highest BCUT2D eigenvalue weighted by atomic mass is 35.5. The Morgan fingerprint density at radius 2 is 1.63 bits per heavy atom. The molecule has 1 saturated heterocycles. The highest BCUT2D eigenvalue weighted by Gasteiger charge is 2.21. The molecular weight excluding hydrogens is 566 g/mol. The minimum absolute atomic E-state index is 0.0699. The molecule has 2 amide bonds. The molecular formula is C33H36ClN5O4. The lowest BCUT2D eigenvalue weighted by Gasteiger charge is -2.32. The number of hydrogen-bond donors (Lipinski definition) is 2. The predicted octanol–water partition coefficient (Wildman–Crippen LogP) is 4.32. The van der Waals surface area contributed by atoms with Gasteiger partial charge in [-0.15, -0.1) is 0 Å². The molecule has 1 aliphatic heterocycles. The fourth-order valence-electron chi connectivity index (χ4n) is 5.56. The third-order valence-electron chi connectivity index (χ3n) is 7.89. The molecule has 1 aromatic heterocycles. The van der Waals surface area contributed by atoms with Gasteiger partial charge in [0.2, 0.25) is 11.8 Å². The smallest absolute Gasteiger partial charge is 0.331 e. The number of amides is 2. The number of halogens is 1. The van der Waals surface area contributed by atoms with Gasteiger partial charge < -0.3 is 10.6 Å². The van der Waals surface area contributed by atoms with Crippen LogP contribution in [0.4, 0.5) is 5.69 Å². The van der Waals surface area contributed by atoms with E-state index >= 15 is 0 Å². The number of nitrogens with one attached hydrogen (secondary N) is 2. The number of benzene rings is 3. The van der Waals surface area contributed by atoms with Crippen molar-refractivity contribution in [1.82, 2.24) is 19.4 Å². The van der Waals surface area contributed by atoms with Gasteiger partial charge in [0.1, 0.15) is 6.54 Å². The lowest BCUT2D eigenvalue weighted by Crippen LogP contribution is -2.44. The molecule has 0 atom stereocenters. The summed E-state index contributed by atoms with van der Waals surface area (Å²) in [4.78, 5) is 54.8. The largest absolute Gasteiger partial charge is 0.353 e. The van der Waals surface area contributed by atoms with Crippen molar-refractivity contribution in [3.63, 3.8) is 0 Å². The molecule has 0 unspecified atom stereocenters. The van der Waals surface area contributed by atoms with Gasteiger partial charge in [0.25, 0.3) is 5.56 Å². The van der Waals surface area contributed by atoms with Crippen LogP contribution in [0.2, 0.25) is 5.02 Å². The third-order valence-corrected chi connectivity index (χ3v) is 8.13. The fourth-order valence-corrected chi connectivity index (χ4v) is 5.73. The summed E-state index contributed by atoms with van der Waals surface area (Å²) in [6.45, 7) is 4.36. The Kier molecular flexibility index (Phi) is 9.74. The van der Waals surface area contributed by atoms with Crippen molar-refractivity contribution in [3.05, 3.63) is 110 Å². The molecule has 0 bridgehead atoms. The van der Waals surface area contributed by atoms with Crippen molar-refractivity contribution in [3.8, 4) is 0 Å². The topological polar surface area (TPSA) is 105 Å². The van der Waals surface area contributed by atoms with E-state index in [0.29, 0.717) is 28.0 Å². The Morgan fingerprint density at radius 1 is 0.907 bits per heavy atom. The normalized spacial score (nSPS) is 14.1. The van der Waals surface area contributed by atoms with Crippen LogP contribution in [-0.2, 0) is 29.2 Å². The van der Waals surface area contributed by atoms with Gasteiger partial charge in [-0.2, -0.15) is 0 Å². The summed E-state index contributed by atoms with van der Waals surface area (Å²) in [6.07, 6.45) is 2.27. The summed E-state index contributed by atoms with van der Waals surface area (Å²) in [5, 5.41) is 6.74.